The summed E-state index contributed by atoms with van der Waals surface area (Å²) in [5.41, 5.74) is 0.832. The van der Waals surface area contributed by atoms with Gasteiger partial charge in [-0.15, -0.1) is 0 Å². The number of carbonyl (C=O) groups is 2. The molecule has 0 bridgehead atoms. The standard InChI is InChI=1S/C18H14Cl2N2O3/c19-15-8-7-13(11-16(15)20)18(24)25-12-17(23)22(10-4-9-21)14-5-2-1-3-6-14/h1-3,5-8,11H,4,10,12H2. The number of hydrogen-bond acceptors (Lipinski definition) is 4. The number of hydrogen-bond donors (Lipinski definition) is 0. The van der Waals surface area contributed by atoms with E-state index in [1.54, 1.807) is 24.3 Å². The molecule has 1 amide bonds. The zero-order valence-electron chi connectivity index (χ0n) is 13.1. The minimum atomic E-state index is -0.680. The lowest BCUT2D eigenvalue weighted by molar-refractivity contribution is -0.121. The van der Waals surface area contributed by atoms with Gasteiger partial charge in [-0.1, -0.05) is 41.4 Å². The molecule has 0 fully saturated rings. The molecule has 0 heterocycles. The second-order valence-electron chi connectivity index (χ2n) is 4.99. The first-order chi connectivity index (χ1) is 12.0. The Balaban J connectivity index is 2.04. The van der Waals surface area contributed by atoms with Gasteiger partial charge in [-0.25, -0.2) is 4.79 Å². The number of amides is 1. The Hall–Kier alpha value is -2.55. The quantitative estimate of drug-likeness (QED) is 0.711. The Morgan fingerprint density at radius 2 is 1.80 bits per heavy atom. The topological polar surface area (TPSA) is 70.4 Å². The zero-order chi connectivity index (χ0) is 18.2. The highest BCUT2D eigenvalue weighted by Gasteiger charge is 2.18. The molecule has 0 aliphatic rings. The molecule has 0 unspecified atom stereocenters. The molecule has 0 aliphatic heterocycles. The second-order valence-corrected chi connectivity index (χ2v) is 5.81. The van der Waals surface area contributed by atoms with Crippen molar-refractivity contribution in [2.24, 2.45) is 0 Å². The third kappa shape index (κ3) is 5.21. The highest BCUT2D eigenvalue weighted by Crippen LogP contribution is 2.23. The fraction of sp³-hybridized carbons (Fsp3) is 0.167. The van der Waals surface area contributed by atoms with Gasteiger partial charge in [0, 0.05) is 12.2 Å². The lowest BCUT2D eigenvalue weighted by atomic mass is 10.2. The molecule has 0 aliphatic carbocycles. The van der Waals surface area contributed by atoms with Crippen molar-refractivity contribution < 1.29 is 14.3 Å². The highest BCUT2D eigenvalue weighted by molar-refractivity contribution is 6.42. The summed E-state index contributed by atoms with van der Waals surface area (Å²) in [5.74, 6) is -1.10. The summed E-state index contributed by atoms with van der Waals surface area (Å²) < 4.78 is 5.05. The Morgan fingerprint density at radius 3 is 2.44 bits per heavy atom. The summed E-state index contributed by atoms with van der Waals surface area (Å²) in [6.07, 6.45) is 0.168. The molecule has 0 N–H and O–H groups in total. The van der Waals surface area contributed by atoms with E-state index in [0.29, 0.717) is 10.7 Å². The van der Waals surface area contributed by atoms with Crippen LogP contribution < -0.4 is 4.90 Å². The molecule has 128 valence electrons. The van der Waals surface area contributed by atoms with E-state index >= 15 is 0 Å². The van der Waals surface area contributed by atoms with Gasteiger partial charge >= 0.3 is 5.97 Å². The number of esters is 1. The number of halogens is 2. The van der Waals surface area contributed by atoms with Crippen LogP contribution in [-0.4, -0.2) is 25.0 Å². The summed E-state index contributed by atoms with van der Waals surface area (Å²) >= 11 is 11.7. The van der Waals surface area contributed by atoms with Crippen molar-refractivity contribution in [1.82, 2.24) is 0 Å². The SMILES string of the molecule is N#CCCN(C(=O)COC(=O)c1ccc(Cl)c(Cl)c1)c1ccccc1. The Bertz CT molecular complexity index is 804. The second kappa shape index (κ2) is 9.07. The van der Waals surface area contributed by atoms with Crippen LogP contribution in [0.5, 0.6) is 0 Å². The van der Waals surface area contributed by atoms with Gasteiger partial charge in [0.15, 0.2) is 6.61 Å². The summed E-state index contributed by atoms with van der Waals surface area (Å²) in [4.78, 5) is 25.8. The fourth-order valence-corrected chi connectivity index (χ4v) is 2.38. The van der Waals surface area contributed by atoms with Crippen LogP contribution in [0, 0.1) is 11.3 Å². The summed E-state index contributed by atoms with van der Waals surface area (Å²) in [7, 11) is 0. The van der Waals surface area contributed by atoms with Crippen LogP contribution in [0.4, 0.5) is 5.69 Å². The molecule has 0 atom stereocenters. The smallest absolute Gasteiger partial charge is 0.338 e. The molecular weight excluding hydrogens is 363 g/mol. The Morgan fingerprint density at radius 1 is 1.08 bits per heavy atom. The van der Waals surface area contributed by atoms with Crippen molar-refractivity contribution in [3.05, 3.63) is 64.1 Å². The molecule has 2 aromatic rings. The molecule has 2 aromatic carbocycles. The number of carbonyl (C=O) groups excluding carboxylic acids is 2. The normalized spacial score (nSPS) is 9.96. The molecule has 0 saturated carbocycles. The molecule has 0 spiro atoms. The number of anilines is 1. The summed E-state index contributed by atoms with van der Waals surface area (Å²) in [5, 5.41) is 9.31. The highest BCUT2D eigenvalue weighted by atomic mass is 35.5. The van der Waals surface area contributed by atoms with Gasteiger partial charge in [-0.3, -0.25) is 4.79 Å². The van der Waals surface area contributed by atoms with Crippen LogP contribution in [0.15, 0.2) is 48.5 Å². The third-order valence-electron chi connectivity index (χ3n) is 3.30. The van der Waals surface area contributed by atoms with Gasteiger partial charge in [-0.2, -0.15) is 5.26 Å². The minimum absolute atomic E-state index is 0.168. The first-order valence-electron chi connectivity index (χ1n) is 7.37. The maximum absolute atomic E-state index is 12.4. The van der Waals surface area contributed by atoms with E-state index in [2.05, 4.69) is 0 Å². The first kappa shape index (κ1) is 18.8. The third-order valence-corrected chi connectivity index (χ3v) is 4.04. The number of nitrogens with zero attached hydrogens (tertiary/aromatic N) is 2. The van der Waals surface area contributed by atoms with E-state index < -0.39 is 18.5 Å². The number of para-hydroxylation sites is 1. The lowest BCUT2D eigenvalue weighted by Crippen LogP contribution is -2.35. The fourth-order valence-electron chi connectivity index (χ4n) is 2.08. The van der Waals surface area contributed by atoms with Gasteiger partial charge < -0.3 is 9.64 Å². The number of benzene rings is 2. The predicted molar refractivity (Wildman–Crippen MR) is 95.8 cm³/mol. The van der Waals surface area contributed by atoms with Gasteiger partial charge in [-0.05, 0) is 30.3 Å². The van der Waals surface area contributed by atoms with Crippen LogP contribution >= 0.6 is 23.2 Å². The van der Waals surface area contributed by atoms with Crippen LogP contribution in [0.2, 0.25) is 10.0 Å². The maximum atomic E-state index is 12.4. The van der Waals surface area contributed by atoms with Crippen LogP contribution in [-0.2, 0) is 9.53 Å². The van der Waals surface area contributed by atoms with Crippen molar-refractivity contribution in [3.63, 3.8) is 0 Å². The van der Waals surface area contributed by atoms with Crippen LogP contribution in [0.25, 0.3) is 0 Å². The van der Waals surface area contributed by atoms with E-state index in [-0.39, 0.29) is 23.6 Å². The number of nitriles is 1. The zero-order valence-corrected chi connectivity index (χ0v) is 14.6. The monoisotopic (exact) mass is 376 g/mol. The summed E-state index contributed by atoms with van der Waals surface area (Å²) in [6, 6.07) is 15.2. The van der Waals surface area contributed by atoms with Crippen LogP contribution in [0.1, 0.15) is 16.8 Å². The van der Waals surface area contributed by atoms with E-state index in [9.17, 15) is 9.59 Å². The van der Waals surface area contributed by atoms with Gasteiger partial charge in [0.1, 0.15) is 0 Å². The molecule has 5 nitrogen and oxygen atoms in total. The van der Waals surface area contributed by atoms with Gasteiger partial charge in [0.05, 0.1) is 28.1 Å². The first-order valence-corrected chi connectivity index (χ1v) is 8.13. The minimum Gasteiger partial charge on any atom is -0.452 e. The van der Waals surface area contributed by atoms with E-state index in [1.807, 2.05) is 12.1 Å². The molecule has 0 saturated heterocycles. The Kier molecular flexibility index (Phi) is 6.81. The van der Waals surface area contributed by atoms with E-state index in [1.165, 1.54) is 23.1 Å². The van der Waals surface area contributed by atoms with E-state index in [4.69, 9.17) is 33.2 Å². The van der Waals surface area contributed by atoms with Crippen molar-refractivity contribution >= 4 is 40.8 Å². The lowest BCUT2D eigenvalue weighted by Gasteiger charge is -2.21. The number of rotatable bonds is 6. The van der Waals surface area contributed by atoms with E-state index in [0.717, 1.165) is 0 Å². The molecule has 25 heavy (non-hydrogen) atoms. The van der Waals surface area contributed by atoms with Crippen LogP contribution in [0.3, 0.4) is 0 Å². The molecular formula is C18H14Cl2N2O3. The molecule has 0 radical (unpaired) electrons. The average Bonchev–Trinajstić information content (AvgIpc) is 2.63. The van der Waals surface area contributed by atoms with Crippen molar-refractivity contribution in [2.75, 3.05) is 18.1 Å². The Labute approximate surface area is 155 Å². The van der Waals surface area contributed by atoms with Gasteiger partial charge in [0.2, 0.25) is 0 Å². The van der Waals surface area contributed by atoms with Crippen molar-refractivity contribution in [1.29, 1.82) is 5.26 Å². The largest absolute Gasteiger partial charge is 0.452 e. The predicted octanol–water partition coefficient (Wildman–Crippen LogP) is 4.10. The summed E-state index contributed by atoms with van der Waals surface area (Å²) in [6.45, 7) is -0.233. The molecule has 2 rings (SSSR count). The average molecular weight is 377 g/mol. The molecule has 0 aromatic heterocycles. The van der Waals surface area contributed by atoms with Crippen molar-refractivity contribution in [3.8, 4) is 6.07 Å². The maximum Gasteiger partial charge on any atom is 0.338 e. The number of ether oxygens (including phenoxy) is 1. The molecule has 7 heteroatoms. The van der Waals surface area contributed by atoms with Crippen molar-refractivity contribution in [2.45, 2.75) is 6.42 Å². The van der Waals surface area contributed by atoms with Gasteiger partial charge in [0.25, 0.3) is 5.91 Å².